The van der Waals surface area contributed by atoms with Crippen molar-refractivity contribution in [2.45, 2.75) is 46.6 Å². The van der Waals surface area contributed by atoms with Crippen molar-refractivity contribution in [3.63, 3.8) is 0 Å². The zero-order chi connectivity index (χ0) is 21.4. The first-order valence-electron chi connectivity index (χ1n) is 9.86. The molecular formula is C20H29N5O3S. The molecule has 4 N–H and O–H groups in total. The number of aromatic nitrogens is 2. The van der Waals surface area contributed by atoms with Crippen molar-refractivity contribution in [3.8, 4) is 5.75 Å². The Morgan fingerprint density at radius 2 is 1.90 bits per heavy atom. The van der Waals surface area contributed by atoms with Crippen molar-refractivity contribution >= 4 is 34.5 Å². The molecule has 0 aliphatic rings. The lowest BCUT2D eigenvalue weighted by molar-refractivity contribution is 0.340. The summed E-state index contributed by atoms with van der Waals surface area (Å²) in [6.45, 7) is 7.40. The number of benzene rings is 1. The summed E-state index contributed by atoms with van der Waals surface area (Å²) in [6.07, 6.45) is 2.42. The molecule has 0 spiro atoms. The van der Waals surface area contributed by atoms with Gasteiger partial charge in [0, 0.05) is 18.8 Å². The molecule has 0 fully saturated rings. The molecule has 158 valence electrons. The number of nitrogens with one attached hydrogen (secondary N) is 2. The highest BCUT2D eigenvalue weighted by Crippen LogP contribution is 2.21. The van der Waals surface area contributed by atoms with Crippen LogP contribution in [0.25, 0.3) is 0 Å². The molecule has 0 amide bonds. The number of H-pyrrole nitrogens is 1. The first kappa shape index (κ1) is 22.5. The van der Waals surface area contributed by atoms with Crippen molar-refractivity contribution in [2.24, 2.45) is 0 Å². The summed E-state index contributed by atoms with van der Waals surface area (Å²) in [5.74, 6) is 0.881. The lowest BCUT2D eigenvalue weighted by Gasteiger charge is -2.27. The molecule has 1 aromatic heterocycles. The van der Waals surface area contributed by atoms with E-state index in [1.165, 1.54) is 4.57 Å². The third-order valence-corrected chi connectivity index (χ3v) is 4.65. The average molecular weight is 420 g/mol. The molecule has 0 radical (unpaired) electrons. The van der Waals surface area contributed by atoms with Gasteiger partial charge < -0.3 is 20.7 Å². The second-order valence-corrected chi connectivity index (χ2v) is 6.92. The molecule has 0 atom stereocenters. The lowest BCUT2D eigenvalue weighted by Crippen LogP contribution is -2.43. The Morgan fingerprint density at radius 3 is 2.48 bits per heavy atom. The summed E-state index contributed by atoms with van der Waals surface area (Å²) in [4.78, 5) is 28.8. The smallest absolute Gasteiger partial charge is 0.330 e. The lowest BCUT2D eigenvalue weighted by atomic mass is 10.3. The number of rotatable bonds is 9. The number of anilines is 3. The maximum absolute atomic E-state index is 12.6. The molecular weight excluding hydrogens is 390 g/mol. The van der Waals surface area contributed by atoms with E-state index < -0.39 is 11.2 Å². The second-order valence-electron chi connectivity index (χ2n) is 6.54. The van der Waals surface area contributed by atoms with Crippen molar-refractivity contribution in [1.29, 1.82) is 0 Å². The number of aromatic amines is 1. The van der Waals surface area contributed by atoms with Crippen molar-refractivity contribution in [1.82, 2.24) is 9.55 Å². The molecule has 0 bridgehead atoms. The highest BCUT2D eigenvalue weighted by atomic mass is 32.1. The summed E-state index contributed by atoms with van der Waals surface area (Å²) in [7, 11) is 0. The van der Waals surface area contributed by atoms with Gasteiger partial charge in [0.1, 0.15) is 11.6 Å². The van der Waals surface area contributed by atoms with Gasteiger partial charge in [-0.05, 0) is 56.2 Å². The van der Waals surface area contributed by atoms with Crippen LogP contribution in [0.2, 0.25) is 0 Å². The molecule has 8 nitrogen and oxygen atoms in total. The number of hydrogen-bond donors (Lipinski definition) is 3. The van der Waals surface area contributed by atoms with E-state index in [1.54, 1.807) is 4.90 Å². The third-order valence-electron chi connectivity index (χ3n) is 4.33. The van der Waals surface area contributed by atoms with Crippen LogP contribution in [0, 0.1) is 0 Å². The van der Waals surface area contributed by atoms with Crippen LogP contribution in [0.15, 0.2) is 33.9 Å². The van der Waals surface area contributed by atoms with Gasteiger partial charge in [-0.3, -0.25) is 14.3 Å². The van der Waals surface area contributed by atoms with E-state index in [1.807, 2.05) is 45.0 Å². The van der Waals surface area contributed by atoms with Gasteiger partial charge in [0.05, 0.1) is 6.61 Å². The minimum atomic E-state index is -0.549. The summed E-state index contributed by atoms with van der Waals surface area (Å²) in [6, 6.07) is 7.38. The van der Waals surface area contributed by atoms with Crippen molar-refractivity contribution in [2.75, 3.05) is 29.1 Å². The minimum absolute atomic E-state index is 0.118. The molecule has 0 saturated heterocycles. The maximum atomic E-state index is 12.6. The average Bonchev–Trinajstić information content (AvgIpc) is 2.69. The molecule has 0 unspecified atom stereocenters. The van der Waals surface area contributed by atoms with E-state index in [0.717, 1.165) is 24.3 Å². The number of nitrogens with zero attached hydrogens (tertiary/aromatic N) is 2. The van der Waals surface area contributed by atoms with Crippen LogP contribution in [0.3, 0.4) is 0 Å². The van der Waals surface area contributed by atoms with Gasteiger partial charge in [-0.15, -0.1) is 0 Å². The van der Waals surface area contributed by atoms with Gasteiger partial charge in [0.25, 0.3) is 5.56 Å². The quantitative estimate of drug-likeness (QED) is 0.537. The van der Waals surface area contributed by atoms with Crippen LogP contribution in [0.4, 0.5) is 17.2 Å². The molecule has 0 aliphatic carbocycles. The number of nitrogen functional groups attached to an aromatic ring is 1. The van der Waals surface area contributed by atoms with Crippen LogP contribution in [-0.2, 0) is 6.54 Å². The first-order valence-corrected chi connectivity index (χ1v) is 10.3. The summed E-state index contributed by atoms with van der Waals surface area (Å²) in [5.41, 5.74) is 6.11. The number of unbranched alkanes of at least 4 members (excludes halogenated alkanes) is 1. The zero-order valence-corrected chi connectivity index (χ0v) is 18.0. The third kappa shape index (κ3) is 5.60. The number of hydrogen-bond acceptors (Lipinski definition) is 5. The SMILES string of the molecule is CCCCN(C(=S)Nc1ccc(OCC)cc1)c1c(N)n(CCC)c(=O)[nH]c1=O. The van der Waals surface area contributed by atoms with Crippen LogP contribution < -0.4 is 31.9 Å². The predicted octanol–water partition coefficient (Wildman–Crippen LogP) is 2.93. The maximum Gasteiger partial charge on any atom is 0.330 e. The number of thiocarbonyl (C=S) groups is 1. The van der Waals surface area contributed by atoms with E-state index in [0.29, 0.717) is 31.2 Å². The fourth-order valence-corrected chi connectivity index (χ4v) is 3.21. The highest BCUT2D eigenvalue weighted by Gasteiger charge is 2.21. The number of ether oxygens (including phenoxy) is 1. The fraction of sp³-hybridized carbons (Fsp3) is 0.450. The minimum Gasteiger partial charge on any atom is -0.494 e. The predicted molar refractivity (Wildman–Crippen MR) is 122 cm³/mol. The summed E-state index contributed by atoms with van der Waals surface area (Å²) in [5, 5.41) is 3.48. The zero-order valence-electron chi connectivity index (χ0n) is 17.2. The van der Waals surface area contributed by atoms with Gasteiger partial charge in [0.15, 0.2) is 10.8 Å². The molecule has 29 heavy (non-hydrogen) atoms. The van der Waals surface area contributed by atoms with Crippen molar-refractivity contribution < 1.29 is 4.74 Å². The first-order chi connectivity index (χ1) is 13.9. The van der Waals surface area contributed by atoms with E-state index in [4.69, 9.17) is 22.7 Å². The fourth-order valence-electron chi connectivity index (χ4n) is 2.91. The highest BCUT2D eigenvalue weighted by molar-refractivity contribution is 7.80. The standard InChI is InChI=1S/C20H29N5O3S/c1-4-7-13-24(16-17(21)25(12-5-2)19(27)23-18(16)26)20(29)22-14-8-10-15(11-9-14)28-6-3/h8-11H,4-7,12-13,21H2,1-3H3,(H,22,29)(H,23,26,27). The number of nitrogens with two attached hydrogens (primary N) is 1. The monoisotopic (exact) mass is 419 g/mol. The Bertz CT molecular complexity index is 937. The molecule has 9 heteroatoms. The molecule has 2 aromatic rings. The Balaban J connectivity index is 2.38. The van der Waals surface area contributed by atoms with Crippen LogP contribution in [-0.4, -0.2) is 27.8 Å². The van der Waals surface area contributed by atoms with Gasteiger partial charge >= 0.3 is 5.69 Å². The van der Waals surface area contributed by atoms with Gasteiger partial charge in [-0.1, -0.05) is 20.3 Å². The Kier molecular flexibility index (Phi) is 8.26. The van der Waals surface area contributed by atoms with E-state index in [9.17, 15) is 9.59 Å². The summed E-state index contributed by atoms with van der Waals surface area (Å²) < 4.78 is 6.82. The Morgan fingerprint density at radius 1 is 1.21 bits per heavy atom. The van der Waals surface area contributed by atoms with Gasteiger partial charge in [0.2, 0.25) is 0 Å². The molecule has 0 saturated carbocycles. The van der Waals surface area contributed by atoms with Gasteiger partial charge in [-0.25, -0.2) is 4.79 Å². The Labute approximate surface area is 175 Å². The molecule has 1 heterocycles. The van der Waals surface area contributed by atoms with Crippen LogP contribution in [0.1, 0.15) is 40.0 Å². The van der Waals surface area contributed by atoms with Gasteiger partial charge in [-0.2, -0.15) is 0 Å². The topological polar surface area (TPSA) is 105 Å². The summed E-state index contributed by atoms with van der Waals surface area (Å²) >= 11 is 5.58. The Hall–Kier alpha value is -2.81. The van der Waals surface area contributed by atoms with E-state index >= 15 is 0 Å². The molecule has 0 aliphatic heterocycles. The van der Waals surface area contributed by atoms with Crippen LogP contribution >= 0.6 is 12.2 Å². The van der Waals surface area contributed by atoms with E-state index in [-0.39, 0.29) is 11.5 Å². The van der Waals surface area contributed by atoms with Crippen LogP contribution in [0.5, 0.6) is 5.75 Å². The van der Waals surface area contributed by atoms with E-state index in [2.05, 4.69) is 10.3 Å². The van der Waals surface area contributed by atoms with Crippen molar-refractivity contribution in [3.05, 3.63) is 45.1 Å². The normalized spacial score (nSPS) is 10.6. The molecule has 2 rings (SSSR count). The largest absolute Gasteiger partial charge is 0.494 e. The second kappa shape index (κ2) is 10.7. The molecule has 1 aromatic carbocycles.